The van der Waals surface area contributed by atoms with Crippen molar-refractivity contribution in [3.8, 4) is 0 Å². The highest BCUT2D eigenvalue weighted by Crippen LogP contribution is 2.38. The molecule has 3 heteroatoms. The van der Waals surface area contributed by atoms with E-state index < -0.39 is 5.60 Å². The van der Waals surface area contributed by atoms with Crippen LogP contribution in [-0.2, 0) is 5.60 Å². The number of hydrogen-bond acceptors (Lipinski definition) is 2. The van der Waals surface area contributed by atoms with Gasteiger partial charge in [0.05, 0.1) is 5.60 Å². The Balaban J connectivity index is 1.91. The second-order valence-corrected chi connectivity index (χ2v) is 7.89. The molecule has 3 rings (SSSR count). The van der Waals surface area contributed by atoms with Crippen LogP contribution in [0.5, 0.6) is 0 Å². The van der Waals surface area contributed by atoms with E-state index in [2.05, 4.69) is 45.1 Å². The molecule has 1 aliphatic heterocycles. The van der Waals surface area contributed by atoms with Gasteiger partial charge in [-0.2, -0.15) is 0 Å². The zero-order valence-electron chi connectivity index (χ0n) is 14.3. The maximum Gasteiger partial charge on any atom is 0.0949 e. The Morgan fingerprint density at radius 2 is 1.62 bits per heavy atom. The highest BCUT2D eigenvalue weighted by Gasteiger charge is 2.36. The summed E-state index contributed by atoms with van der Waals surface area (Å²) in [5.74, 6) is 0.0537. The van der Waals surface area contributed by atoms with E-state index in [0.717, 1.165) is 29.7 Å². The second kappa shape index (κ2) is 7.81. The van der Waals surface area contributed by atoms with Crippen molar-refractivity contribution in [3.63, 3.8) is 0 Å². The molecular formula is C21H26BrNO. The highest BCUT2D eigenvalue weighted by molar-refractivity contribution is 9.10. The van der Waals surface area contributed by atoms with Crippen LogP contribution in [0.15, 0.2) is 59.1 Å². The maximum absolute atomic E-state index is 11.5. The summed E-state index contributed by atoms with van der Waals surface area (Å²) >= 11 is 3.48. The SMILES string of the molecule is C[C@](O)(c1ccc(Br)cc1)[C@@H](CN1CCCCC1)c1ccccc1. The lowest BCUT2D eigenvalue weighted by Crippen LogP contribution is -2.41. The van der Waals surface area contributed by atoms with Gasteiger partial charge < -0.3 is 10.0 Å². The first-order chi connectivity index (χ1) is 11.6. The lowest BCUT2D eigenvalue weighted by atomic mass is 9.78. The number of halogens is 1. The smallest absolute Gasteiger partial charge is 0.0949 e. The molecule has 0 aromatic heterocycles. The lowest BCUT2D eigenvalue weighted by Gasteiger charge is -2.38. The van der Waals surface area contributed by atoms with Gasteiger partial charge in [-0.25, -0.2) is 0 Å². The van der Waals surface area contributed by atoms with E-state index in [1.165, 1.54) is 24.8 Å². The molecule has 128 valence electrons. The van der Waals surface area contributed by atoms with Crippen LogP contribution in [0.2, 0.25) is 0 Å². The Bertz CT molecular complexity index is 633. The largest absolute Gasteiger partial charge is 0.385 e. The van der Waals surface area contributed by atoms with Crippen molar-refractivity contribution in [2.45, 2.75) is 37.7 Å². The fourth-order valence-corrected chi connectivity index (χ4v) is 3.95. The van der Waals surface area contributed by atoms with Gasteiger partial charge in [-0.15, -0.1) is 0 Å². The maximum atomic E-state index is 11.5. The molecule has 2 atom stereocenters. The van der Waals surface area contributed by atoms with Crippen LogP contribution in [0.3, 0.4) is 0 Å². The molecule has 1 fully saturated rings. The fourth-order valence-electron chi connectivity index (χ4n) is 3.68. The predicted octanol–water partition coefficient (Wildman–Crippen LogP) is 4.93. The van der Waals surface area contributed by atoms with Gasteiger partial charge in [0.25, 0.3) is 0 Å². The van der Waals surface area contributed by atoms with Crippen molar-refractivity contribution in [1.82, 2.24) is 4.90 Å². The predicted molar refractivity (Wildman–Crippen MR) is 103 cm³/mol. The summed E-state index contributed by atoms with van der Waals surface area (Å²) in [6.45, 7) is 5.13. The van der Waals surface area contributed by atoms with Crippen molar-refractivity contribution in [3.05, 3.63) is 70.2 Å². The number of likely N-dealkylation sites (tertiary alicyclic amines) is 1. The zero-order chi connectivity index (χ0) is 17.0. The van der Waals surface area contributed by atoms with Gasteiger partial charge in [0.2, 0.25) is 0 Å². The third kappa shape index (κ3) is 4.08. The van der Waals surface area contributed by atoms with E-state index in [0.29, 0.717) is 0 Å². The van der Waals surface area contributed by atoms with Crippen LogP contribution in [0.1, 0.15) is 43.2 Å². The summed E-state index contributed by atoms with van der Waals surface area (Å²) in [6.07, 6.45) is 3.86. The monoisotopic (exact) mass is 387 g/mol. The van der Waals surface area contributed by atoms with E-state index in [9.17, 15) is 5.11 Å². The van der Waals surface area contributed by atoms with Gasteiger partial charge >= 0.3 is 0 Å². The third-order valence-electron chi connectivity index (χ3n) is 5.20. The van der Waals surface area contributed by atoms with E-state index in [1.807, 2.05) is 37.3 Å². The molecule has 2 aromatic carbocycles. The summed E-state index contributed by atoms with van der Waals surface area (Å²) in [7, 11) is 0. The van der Waals surface area contributed by atoms with E-state index in [-0.39, 0.29) is 5.92 Å². The van der Waals surface area contributed by atoms with Crippen molar-refractivity contribution < 1.29 is 5.11 Å². The van der Waals surface area contributed by atoms with Crippen molar-refractivity contribution in [1.29, 1.82) is 0 Å². The average Bonchev–Trinajstić information content (AvgIpc) is 2.61. The molecule has 1 aliphatic rings. The molecule has 1 saturated heterocycles. The van der Waals surface area contributed by atoms with E-state index >= 15 is 0 Å². The van der Waals surface area contributed by atoms with Crippen molar-refractivity contribution in [2.75, 3.05) is 19.6 Å². The summed E-state index contributed by atoms with van der Waals surface area (Å²) in [4.78, 5) is 2.51. The minimum absolute atomic E-state index is 0.0537. The Morgan fingerprint density at radius 1 is 1.00 bits per heavy atom. The molecule has 0 bridgehead atoms. The number of hydrogen-bond donors (Lipinski definition) is 1. The first-order valence-corrected chi connectivity index (χ1v) is 9.62. The first kappa shape index (κ1) is 17.7. The van der Waals surface area contributed by atoms with Crippen LogP contribution in [0, 0.1) is 0 Å². The quantitative estimate of drug-likeness (QED) is 0.786. The van der Waals surface area contributed by atoms with Gasteiger partial charge in [0.15, 0.2) is 0 Å². The van der Waals surface area contributed by atoms with Crippen molar-refractivity contribution >= 4 is 15.9 Å². The molecule has 0 radical (unpaired) electrons. The standard InChI is InChI=1S/C21H26BrNO/c1-21(24,18-10-12-19(22)13-11-18)20(17-8-4-2-5-9-17)16-23-14-6-3-7-15-23/h2,4-5,8-13,20,24H,3,6-7,14-16H2,1H3/t20-,21-/m0/s1. The Labute approximate surface area is 153 Å². The lowest BCUT2D eigenvalue weighted by molar-refractivity contribution is 0.0107. The molecule has 0 spiro atoms. The second-order valence-electron chi connectivity index (χ2n) is 6.98. The number of rotatable bonds is 5. The molecule has 1 N–H and O–H groups in total. The molecule has 0 aliphatic carbocycles. The van der Waals surface area contributed by atoms with Gasteiger partial charge in [0, 0.05) is 16.9 Å². The zero-order valence-corrected chi connectivity index (χ0v) is 15.9. The van der Waals surface area contributed by atoms with Crippen LogP contribution >= 0.6 is 15.9 Å². The first-order valence-electron chi connectivity index (χ1n) is 8.83. The molecule has 2 nitrogen and oxygen atoms in total. The Kier molecular flexibility index (Phi) is 5.75. The van der Waals surface area contributed by atoms with Gasteiger partial charge in [-0.3, -0.25) is 0 Å². The number of nitrogens with zero attached hydrogens (tertiary/aromatic N) is 1. The highest BCUT2D eigenvalue weighted by atomic mass is 79.9. The molecule has 24 heavy (non-hydrogen) atoms. The molecular weight excluding hydrogens is 362 g/mol. The van der Waals surface area contributed by atoms with Crippen LogP contribution in [-0.4, -0.2) is 29.6 Å². The topological polar surface area (TPSA) is 23.5 Å². The number of piperidine rings is 1. The van der Waals surface area contributed by atoms with Crippen molar-refractivity contribution in [2.24, 2.45) is 0 Å². The summed E-state index contributed by atoms with van der Waals surface area (Å²) < 4.78 is 1.04. The summed E-state index contributed by atoms with van der Waals surface area (Å²) in [5.41, 5.74) is 1.27. The molecule has 0 saturated carbocycles. The van der Waals surface area contributed by atoms with Crippen LogP contribution in [0.4, 0.5) is 0 Å². The fraction of sp³-hybridized carbons (Fsp3) is 0.429. The minimum atomic E-state index is -0.903. The van der Waals surface area contributed by atoms with E-state index in [4.69, 9.17) is 0 Å². The molecule has 0 amide bonds. The summed E-state index contributed by atoms with van der Waals surface area (Å²) in [6, 6.07) is 18.5. The average molecular weight is 388 g/mol. The third-order valence-corrected chi connectivity index (χ3v) is 5.73. The molecule has 1 heterocycles. The molecule has 2 aromatic rings. The van der Waals surface area contributed by atoms with E-state index in [1.54, 1.807) is 0 Å². The van der Waals surface area contributed by atoms with Gasteiger partial charge in [0.1, 0.15) is 0 Å². The number of aliphatic hydroxyl groups is 1. The van der Waals surface area contributed by atoms with Crippen LogP contribution < -0.4 is 0 Å². The van der Waals surface area contributed by atoms with Gasteiger partial charge in [-0.05, 0) is 56.1 Å². The minimum Gasteiger partial charge on any atom is -0.385 e. The summed E-state index contributed by atoms with van der Waals surface area (Å²) in [5, 5.41) is 11.5. The van der Waals surface area contributed by atoms with Crippen LogP contribution in [0.25, 0.3) is 0 Å². The normalized spacial score (nSPS) is 19.6. The number of benzene rings is 2. The molecule has 0 unspecified atom stereocenters. The van der Waals surface area contributed by atoms with Gasteiger partial charge in [-0.1, -0.05) is 64.8 Å². The Hall–Kier alpha value is -1.16. The Morgan fingerprint density at radius 3 is 2.25 bits per heavy atom.